The van der Waals surface area contributed by atoms with Gasteiger partial charge in [-0.05, 0) is 62.7 Å². The molecule has 0 unspecified atom stereocenters. The lowest BCUT2D eigenvalue weighted by Crippen LogP contribution is -2.40. The van der Waals surface area contributed by atoms with Gasteiger partial charge in [0.1, 0.15) is 0 Å². The van der Waals surface area contributed by atoms with Gasteiger partial charge >= 0.3 is 0 Å². The van der Waals surface area contributed by atoms with Crippen molar-refractivity contribution in [2.45, 2.75) is 83.7 Å². The van der Waals surface area contributed by atoms with Crippen molar-refractivity contribution in [2.75, 3.05) is 0 Å². The molecule has 19 heavy (non-hydrogen) atoms. The van der Waals surface area contributed by atoms with E-state index in [1.807, 2.05) is 0 Å². The molecule has 0 atom stereocenters. The molecule has 0 spiro atoms. The molecule has 2 fully saturated rings. The summed E-state index contributed by atoms with van der Waals surface area (Å²) in [6.07, 6.45) is 9.92. The monoisotopic (exact) mass is 266 g/mol. The van der Waals surface area contributed by atoms with E-state index in [1.165, 1.54) is 12.8 Å². The van der Waals surface area contributed by atoms with E-state index < -0.39 is 0 Å². The van der Waals surface area contributed by atoms with Crippen LogP contribution in [0, 0.1) is 11.3 Å². The van der Waals surface area contributed by atoms with E-state index >= 15 is 0 Å². The SMILES string of the molecule is CC1(C)CCC(NC(=O)CC2CCC(N)CC2)CC1. The summed E-state index contributed by atoms with van der Waals surface area (Å²) in [6.45, 7) is 4.66. The summed E-state index contributed by atoms with van der Waals surface area (Å²) in [5.74, 6) is 0.838. The first-order valence-electron chi connectivity index (χ1n) is 7.99. The lowest BCUT2D eigenvalue weighted by atomic mass is 9.75. The van der Waals surface area contributed by atoms with Gasteiger partial charge in [-0.15, -0.1) is 0 Å². The highest BCUT2D eigenvalue weighted by Gasteiger charge is 2.28. The molecule has 3 nitrogen and oxygen atoms in total. The minimum absolute atomic E-state index is 0.269. The lowest BCUT2D eigenvalue weighted by Gasteiger charge is -2.35. The highest BCUT2D eigenvalue weighted by atomic mass is 16.1. The van der Waals surface area contributed by atoms with Crippen LogP contribution in [0.5, 0.6) is 0 Å². The van der Waals surface area contributed by atoms with Gasteiger partial charge in [-0.3, -0.25) is 4.79 Å². The number of hydrogen-bond donors (Lipinski definition) is 2. The Labute approximate surface area is 117 Å². The quantitative estimate of drug-likeness (QED) is 0.825. The number of rotatable bonds is 3. The number of carbonyl (C=O) groups excluding carboxylic acids is 1. The normalized spacial score (nSPS) is 31.9. The molecule has 0 aromatic carbocycles. The summed E-state index contributed by atoms with van der Waals surface area (Å²) in [7, 11) is 0. The standard InChI is InChI=1S/C16H30N2O/c1-16(2)9-7-14(8-10-16)18-15(19)11-12-3-5-13(17)6-4-12/h12-14H,3-11,17H2,1-2H3,(H,18,19). The van der Waals surface area contributed by atoms with Crippen LogP contribution in [-0.2, 0) is 4.79 Å². The second-order valence-electron chi connectivity index (χ2n) is 7.49. The van der Waals surface area contributed by atoms with Crippen molar-refractivity contribution in [2.24, 2.45) is 17.1 Å². The van der Waals surface area contributed by atoms with Crippen molar-refractivity contribution < 1.29 is 4.79 Å². The second kappa shape index (κ2) is 6.25. The third-order valence-corrected chi connectivity index (χ3v) is 5.07. The molecule has 110 valence electrons. The van der Waals surface area contributed by atoms with Crippen molar-refractivity contribution in [3.8, 4) is 0 Å². The summed E-state index contributed by atoms with van der Waals surface area (Å²) >= 11 is 0. The van der Waals surface area contributed by atoms with Gasteiger partial charge in [0.05, 0.1) is 0 Å². The Morgan fingerprint density at radius 1 is 1.11 bits per heavy atom. The van der Waals surface area contributed by atoms with Gasteiger partial charge in [0.25, 0.3) is 0 Å². The Hall–Kier alpha value is -0.570. The first kappa shape index (κ1) is 14.8. The molecule has 0 bridgehead atoms. The van der Waals surface area contributed by atoms with Crippen LogP contribution in [0.2, 0.25) is 0 Å². The molecule has 0 saturated heterocycles. The fourth-order valence-corrected chi connectivity index (χ4v) is 3.48. The number of nitrogens with one attached hydrogen (secondary N) is 1. The number of amides is 1. The van der Waals surface area contributed by atoms with Crippen molar-refractivity contribution >= 4 is 5.91 Å². The van der Waals surface area contributed by atoms with Crippen LogP contribution in [-0.4, -0.2) is 18.0 Å². The number of carbonyl (C=O) groups is 1. The molecule has 0 aromatic heterocycles. The van der Waals surface area contributed by atoms with E-state index in [9.17, 15) is 4.79 Å². The molecule has 3 N–H and O–H groups in total. The molecule has 2 rings (SSSR count). The molecule has 2 saturated carbocycles. The molecule has 0 radical (unpaired) electrons. The Kier molecular flexibility index (Phi) is 4.88. The fourth-order valence-electron chi connectivity index (χ4n) is 3.48. The predicted molar refractivity (Wildman–Crippen MR) is 78.7 cm³/mol. The minimum Gasteiger partial charge on any atom is -0.353 e. The smallest absolute Gasteiger partial charge is 0.220 e. The van der Waals surface area contributed by atoms with Gasteiger partial charge in [-0.25, -0.2) is 0 Å². The molecule has 0 aromatic rings. The average molecular weight is 266 g/mol. The molecule has 3 heteroatoms. The highest BCUT2D eigenvalue weighted by molar-refractivity contribution is 5.76. The van der Waals surface area contributed by atoms with Crippen LogP contribution in [0.3, 0.4) is 0 Å². The van der Waals surface area contributed by atoms with Crippen LogP contribution in [0.4, 0.5) is 0 Å². The van der Waals surface area contributed by atoms with E-state index in [0.717, 1.165) is 38.5 Å². The minimum atomic E-state index is 0.269. The molecule has 1 amide bonds. The van der Waals surface area contributed by atoms with Crippen LogP contribution in [0.1, 0.15) is 71.6 Å². The van der Waals surface area contributed by atoms with Crippen LogP contribution >= 0.6 is 0 Å². The first-order chi connectivity index (χ1) is 8.94. The Morgan fingerprint density at radius 3 is 2.26 bits per heavy atom. The average Bonchev–Trinajstić information content (AvgIpc) is 2.35. The predicted octanol–water partition coefficient (Wildman–Crippen LogP) is 2.98. The fraction of sp³-hybridized carbons (Fsp3) is 0.938. The van der Waals surface area contributed by atoms with Gasteiger partial charge in [-0.1, -0.05) is 13.8 Å². The maximum Gasteiger partial charge on any atom is 0.220 e. The molecule has 0 aliphatic heterocycles. The van der Waals surface area contributed by atoms with E-state index in [-0.39, 0.29) is 5.91 Å². The van der Waals surface area contributed by atoms with Crippen molar-refractivity contribution in [3.05, 3.63) is 0 Å². The van der Waals surface area contributed by atoms with Gasteiger partial charge in [0.15, 0.2) is 0 Å². The van der Waals surface area contributed by atoms with Crippen molar-refractivity contribution in [1.29, 1.82) is 0 Å². The summed E-state index contributed by atoms with van der Waals surface area (Å²) < 4.78 is 0. The van der Waals surface area contributed by atoms with Crippen molar-refractivity contribution in [1.82, 2.24) is 5.32 Å². The second-order valence-corrected chi connectivity index (χ2v) is 7.49. The number of hydrogen-bond acceptors (Lipinski definition) is 2. The van der Waals surface area contributed by atoms with Crippen molar-refractivity contribution in [3.63, 3.8) is 0 Å². The topological polar surface area (TPSA) is 55.1 Å². The molecular formula is C16H30N2O. The lowest BCUT2D eigenvalue weighted by molar-refractivity contribution is -0.123. The zero-order chi connectivity index (χ0) is 13.9. The summed E-state index contributed by atoms with van der Waals surface area (Å²) in [5.41, 5.74) is 6.37. The third kappa shape index (κ3) is 4.79. The maximum absolute atomic E-state index is 12.1. The van der Waals surface area contributed by atoms with E-state index in [2.05, 4.69) is 19.2 Å². The largest absolute Gasteiger partial charge is 0.353 e. The first-order valence-corrected chi connectivity index (χ1v) is 7.99. The van der Waals surface area contributed by atoms with Crippen LogP contribution in [0.15, 0.2) is 0 Å². The summed E-state index contributed by atoms with van der Waals surface area (Å²) in [6, 6.07) is 0.797. The zero-order valence-electron chi connectivity index (χ0n) is 12.6. The van der Waals surface area contributed by atoms with Crippen LogP contribution < -0.4 is 11.1 Å². The molecule has 2 aliphatic rings. The Morgan fingerprint density at radius 2 is 1.68 bits per heavy atom. The van der Waals surface area contributed by atoms with Gasteiger partial charge in [-0.2, -0.15) is 0 Å². The summed E-state index contributed by atoms with van der Waals surface area (Å²) in [5, 5.41) is 3.24. The Balaban J connectivity index is 1.67. The summed E-state index contributed by atoms with van der Waals surface area (Å²) in [4.78, 5) is 12.1. The molecule has 2 aliphatic carbocycles. The van der Waals surface area contributed by atoms with E-state index in [1.54, 1.807) is 0 Å². The van der Waals surface area contributed by atoms with E-state index in [0.29, 0.717) is 29.8 Å². The highest BCUT2D eigenvalue weighted by Crippen LogP contribution is 2.35. The van der Waals surface area contributed by atoms with E-state index in [4.69, 9.17) is 5.73 Å². The van der Waals surface area contributed by atoms with Gasteiger partial charge in [0.2, 0.25) is 5.91 Å². The Bertz CT molecular complexity index is 296. The molecular weight excluding hydrogens is 236 g/mol. The van der Waals surface area contributed by atoms with Gasteiger partial charge < -0.3 is 11.1 Å². The third-order valence-electron chi connectivity index (χ3n) is 5.07. The number of nitrogens with two attached hydrogens (primary N) is 1. The van der Waals surface area contributed by atoms with Crippen LogP contribution in [0.25, 0.3) is 0 Å². The zero-order valence-corrected chi connectivity index (χ0v) is 12.6. The maximum atomic E-state index is 12.1. The van der Waals surface area contributed by atoms with Gasteiger partial charge in [0, 0.05) is 18.5 Å². The molecule has 0 heterocycles.